The average Bonchev–Trinajstić information content (AvgIpc) is 2.59. The van der Waals surface area contributed by atoms with Gasteiger partial charge < -0.3 is 4.74 Å². The highest BCUT2D eigenvalue weighted by Gasteiger charge is 2.10. The molecule has 0 aliphatic rings. The molecule has 0 unspecified atom stereocenters. The van der Waals surface area contributed by atoms with Gasteiger partial charge in [0.1, 0.15) is 17.0 Å². The van der Waals surface area contributed by atoms with Gasteiger partial charge in [0, 0.05) is 18.3 Å². The lowest BCUT2D eigenvalue weighted by atomic mass is 10.3. The Morgan fingerprint density at radius 2 is 1.88 bits per heavy atom. The van der Waals surface area contributed by atoms with E-state index in [1.807, 2.05) is 24.3 Å². The smallest absolute Gasteiger partial charge is 0.287 e. The van der Waals surface area contributed by atoms with Gasteiger partial charge in [-0.3, -0.25) is 10.1 Å². The van der Waals surface area contributed by atoms with E-state index in [0.717, 1.165) is 16.1 Å². The summed E-state index contributed by atoms with van der Waals surface area (Å²) in [4.78, 5) is 19.2. The van der Waals surface area contributed by atoms with E-state index in [9.17, 15) is 10.1 Å². The zero-order valence-corrected chi connectivity index (χ0v) is 13.7. The maximum absolute atomic E-state index is 10.7. The van der Waals surface area contributed by atoms with Crippen molar-refractivity contribution in [1.29, 1.82) is 0 Å². The second-order valence-electron chi connectivity index (χ2n) is 4.58. The van der Waals surface area contributed by atoms with E-state index in [1.54, 1.807) is 18.3 Å². The zero-order chi connectivity index (χ0) is 16.9. The number of halogens is 1. The summed E-state index contributed by atoms with van der Waals surface area (Å²) in [6, 6.07) is 13.8. The van der Waals surface area contributed by atoms with E-state index in [-0.39, 0.29) is 11.6 Å². The third kappa shape index (κ3) is 4.01. The van der Waals surface area contributed by atoms with Crippen LogP contribution in [0.5, 0.6) is 11.6 Å². The summed E-state index contributed by atoms with van der Waals surface area (Å²) in [6.45, 7) is 0. The monoisotopic (exact) mass is 359 g/mol. The van der Waals surface area contributed by atoms with Crippen LogP contribution in [0.15, 0.2) is 70.8 Å². The van der Waals surface area contributed by atoms with Gasteiger partial charge in [-0.05, 0) is 24.3 Å². The number of aromatic nitrogens is 2. The summed E-state index contributed by atoms with van der Waals surface area (Å²) < 4.78 is 5.73. The number of ether oxygens (including phenoxy) is 1. The molecule has 0 amide bonds. The fraction of sp³-hybridized carbons (Fsp3) is 0. The molecule has 0 N–H and O–H groups in total. The number of para-hydroxylation sites is 1. The molecule has 1 aromatic carbocycles. The van der Waals surface area contributed by atoms with E-state index in [2.05, 4.69) is 9.97 Å². The summed E-state index contributed by atoms with van der Waals surface area (Å²) in [5.74, 6) is 0.860. The first kappa shape index (κ1) is 16.2. The number of nitrogens with zero attached hydrogens (tertiary/aromatic N) is 3. The van der Waals surface area contributed by atoms with Crippen LogP contribution in [0.2, 0.25) is 5.02 Å². The van der Waals surface area contributed by atoms with Crippen LogP contribution >= 0.6 is 23.4 Å². The highest BCUT2D eigenvalue weighted by molar-refractivity contribution is 7.99. The van der Waals surface area contributed by atoms with Gasteiger partial charge in [0.2, 0.25) is 5.88 Å². The first-order valence-electron chi connectivity index (χ1n) is 6.78. The Labute approximate surface area is 146 Å². The van der Waals surface area contributed by atoms with E-state index in [0.29, 0.717) is 10.8 Å². The Bertz CT molecular complexity index is 857. The van der Waals surface area contributed by atoms with Crippen molar-refractivity contribution in [3.05, 3.63) is 76.1 Å². The summed E-state index contributed by atoms with van der Waals surface area (Å²) in [6.07, 6.45) is 2.73. The molecule has 0 aliphatic carbocycles. The van der Waals surface area contributed by atoms with Gasteiger partial charge in [-0.25, -0.2) is 9.97 Å². The molecule has 6 nitrogen and oxygen atoms in total. The molecular weight excluding hydrogens is 350 g/mol. The first-order valence-corrected chi connectivity index (χ1v) is 7.98. The Morgan fingerprint density at radius 1 is 1.04 bits per heavy atom. The molecule has 24 heavy (non-hydrogen) atoms. The van der Waals surface area contributed by atoms with Crippen molar-refractivity contribution >= 4 is 29.1 Å². The predicted molar refractivity (Wildman–Crippen MR) is 90.8 cm³/mol. The lowest BCUT2D eigenvalue weighted by Gasteiger charge is -2.09. The molecule has 0 spiro atoms. The number of nitro groups is 1. The molecule has 2 heterocycles. The van der Waals surface area contributed by atoms with Crippen LogP contribution in [0.3, 0.4) is 0 Å². The predicted octanol–water partition coefficient (Wildman–Crippen LogP) is 4.98. The summed E-state index contributed by atoms with van der Waals surface area (Å²) in [7, 11) is 0. The largest absolute Gasteiger partial charge is 0.438 e. The van der Waals surface area contributed by atoms with Gasteiger partial charge in [-0.1, -0.05) is 35.5 Å². The lowest BCUT2D eigenvalue weighted by molar-refractivity contribution is -0.385. The average molecular weight is 360 g/mol. The van der Waals surface area contributed by atoms with Gasteiger partial charge in [0.25, 0.3) is 5.69 Å². The van der Waals surface area contributed by atoms with Crippen LogP contribution < -0.4 is 4.74 Å². The van der Waals surface area contributed by atoms with Crippen molar-refractivity contribution in [2.75, 3.05) is 0 Å². The van der Waals surface area contributed by atoms with Crippen LogP contribution in [-0.2, 0) is 0 Å². The van der Waals surface area contributed by atoms with Crippen LogP contribution in [0.25, 0.3) is 0 Å². The highest BCUT2D eigenvalue weighted by atomic mass is 35.5. The summed E-state index contributed by atoms with van der Waals surface area (Å²) >= 11 is 7.26. The van der Waals surface area contributed by atoms with E-state index >= 15 is 0 Å². The highest BCUT2D eigenvalue weighted by Crippen LogP contribution is 2.36. The lowest BCUT2D eigenvalue weighted by Crippen LogP contribution is -1.92. The van der Waals surface area contributed by atoms with E-state index < -0.39 is 4.92 Å². The second-order valence-corrected chi connectivity index (χ2v) is 6.08. The SMILES string of the molecule is O=[N+]([O-])c1ccc(Oc2ccccc2Sc2ccc(Cl)cn2)nc1. The fourth-order valence-corrected chi connectivity index (χ4v) is 2.74. The van der Waals surface area contributed by atoms with Gasteiger partial charge in [0.05, 0.1) is 14.8 Å². The number of hydrogen-bond acceptors (Lipinski definition) is 6. The quantitative estimate of drug-likeness (QED) is 0.472. The Balaban J connectivity index is 1.81. The minimum absolute atomic E-state index is 0.0876. The second kappa shape index (κ2) is 7.29. The minimum Gasteiger partial charge on any atom is -0.438 e. The van der Waals surface area contributed by atoms with Gasteiger partial charge >= 0.3 is 0 Å². The van der Waals surface area contributed by atoms with E-state index in [4.69, 9.17) is 16.3 Å². The molecule has 120 valence electrons. The molecule has 0 radical (unpaired) electrons. The standard InChI is InChI=1S/C16H10ClN3O3S/c17-11-5-8-16(19-9-11)24-14-4-2-1-3-13(14)23-15-7-6-12(10-18-15)20(21)22/h1-10H. The normalized spacial score (nSPS) is 10.4. The fourth-order valence-electron chi connectivity index (χ4n) is 1.81. The minimum atomic E-state index is -0.507. The third-order valence-electron chi connectivity index (χ3n) is 2.91. The van der Waals surface area contributed by atoms with E-state index in [1.165, 1.54) is 23.9 Å². The maximum Gasteiger partial charge on any atom is 0.287 e. The summed E-state index contributed by atoms with van der Waals surface area (Å²) in [5.41, 5.74) is -0.0876. The van der Waals surface area contributed by atoms with Crippen LogP contribution in [0, 0.1) is 10.1 Å². The third-order valence-corrected chi connectivity index (χ3v) is 4.14. The van der Waals surface area contributed by atoms with Crippen molar-refractivity contribution < 1.29 is 9.66 Å². The van der Waals surface area contributed by atoms with Gasteiger partial charge in [-0.2, -0.15) is 0 Å². The maximum atomic E-state index is 10.7. The summed E-state index contributed by atoms with van der Waals surface area (Å²) in [5, 5.41) is 12.0. The Kier molecular flexibility index (Phi) is 4.93. The van der Waals surface area contributed by atoms with Gasteiger partial charge in [0.15, 0.2) is 0 Å². The number of pyridine rings is 2. The van der Waals surface area contributed by atoms with Gasteiger partial charge in [-0.15, -0.1) is 0 Å². The Morgan fingerprint density at radius 3 is 2.54 bits per heavy atom. The van der Waals surface area contributed by atoms with Crippen molar-refractivity contribution in [3.63, 3.8) is 0 Å². The first-order chi connectivity index (χ1) is 11.6. The molecule has 0 saturated carbocycles. The van der Waals surface area contributed by atoms with Crippen LogP contribution in [0.1, 0.15) is 0 Å². The van der Waals surface area contributed by atoms with Crippen molar-refractivity contribution in [2.45, 2.75) is 9.92 Å². The Hall–Kier alpha value is -2.64. The number of hydrogen-bond donors (Lipinski definition) is 0. The molecule has 0 atom stereocenters. The molecule has 3 aromatic rings. The molecular formula is C16H10ClN3O3S. The molecule has 3 rings (SSSR count). The molecule has 8 heteroatoms. The topological polar surface area (TPSA) is 78.2 Å². The van der Waals surface area contributed by atoms with Crippen LogP contribution in [-0.4, -0.2) is 14.9 Å². The molecule has 2 aromatic heterocycles. The molecule has 0 aliphatic heterocycles. The number of benzene rings is 1. The number of rotatable bonds is 5. The van der Waals surface area contributed by atoms with Crippen molar-refractivity contribution in [3.8, 4) is 11.6 Å². The molecule has 0 fully saturated rings. The van der Waals surface area contributed by atoms with Crippen molar-refractivity contribution in [2.24, 2.45) is 0 Å². The van der Waals surface area contributed by atoms with Crippen LogP contribution in [0.4, 0.5) is 5.69 Å². The zero-order valence-electron chi connectivity index (χ0n) is 12.1. The molecule has 0 bridgehead atoms. The van der Waals surface area contributed by atoms with Crippen molar-refractivity contribution in [1.82, 2.24) is 9.97 Å². The molecule has 0 saturated heterocycles.